The fraction of sp³-hybridized carbons (Fsp3) is 0.333. The first kappa shape index (κ1) is 18.8. The number of rotatable bonds is 6. The molecule has 3 heteroatoms. The summed E-state index contributed by atoms with van der Waals surface area (Å²) < 4.78 is 6.10. The first-order valence-corrected chi connectivity index (χ1v) is 9.70. The van der Waals surface area contributed by atoms with E-state index >= 15 is 0 Å². The third-order valence-corrected chi connectivity index (χ3v) is 5.50. The largest absolute Gasteiger partial charge is 0.489 e. The molecule has 0 saturated carbocycles. The number of aryl methyl sites for hydroxylation is 1. The molecular formula is C21H25ClOSi. The first-order chi connectivity index (χ1) is 11.4. The van der Waals surface area contributed by atoms with Crippen molar-refractivity contribution in [2.24, 2.45) is 0 Å². The van der Waals surface area contributed by atoms with Gasteiger partial charge in [-0.1, -0.05) is 80.6 Å². The quantitative estimate of drug-likeness (QED) is 0.427. The number of hydrogen-bond donors (Lipinski definition) is 0. The number of ether oxygens (including phenoxy) is 1. The third-order valence-electron chi connectivity index (χ3n) is 3.82. The Morgan fingerprint density at radius 2 is 1.88 bits per heavy atom. The van der Waals surface area contributed by atoms with Gasteiger partial charge in [-0.25, -0.2) is 0 Å². The SMILES string of the molecule is C=CCOc1c([Si]c2ccccc2CCl)cc(C)cc1C(C)(C)C. The molecule has 0 aliphatic rings. The van der Waals surface area contributed by atoms with Gasteiger partial charge in [-0.2, -0.15) is 0 Å². The van der Waals surface area contributed by atoms with E-state index in [-0.39, 0.29) is 5.41 Å². The Kier molecular flexibility index (Phi) is 6.31. The van der Waals surface area contributed by atoms with Crippen LogP contribution in [0.5, 0.6) is 5.75 Å². The lowest BCUT2D eigenvalue weighted by Gasteiger charge is -2.25. The van der Waals surface area contributed by atoms with Crippen molar-refractivity contribution in [1.29, 1.82) is 0 Å². The molecule has 0 saturated heterocycles. The van der Waals surface area contributed by atoms with E-state index in [2.05, 4.69) is 64.6 Å². The highest BCUT2D eigenvalue weighted by Gasteiger charge is 2.22. The van der Waals surface area contributed by atoms with Crippen LogP contribution < -0.4 is 15.1 Å². The van der Waals surface area contributed by atoms with Crippen molar-refractivity contribution in [2.45, 2.75) is 39.0 Å². The van der Waals surface area contributed by atoms with Crippen molar-refractivity contribution in [3.8, 4) is 5.75 Å². The zero-order chi connectivity index (χ0) is 17.7. The van der Waals surface area contributed by atoms with Crippen LogP contribution in [0, 0.1) is 6.92 Å². The predicted octanol–water partition coefficient (Wildman–Crippen LogP) is 4.25. The standard InChI is InChI=1S/C21H25ClOSi/c1-6-11-23-20-17(21(3,4)5)12-15(2)13-19(20)24-18-10-8-7-9-16(18)14-22/h6-10,12-13H,1,11,14H2,2-5H3. The molecule has 2 rings (SSSR count). The molecule has 0 N–H and O–H groups in total. The molecule has 0 fully saturated rings. The van der Waals surface area contributed by atoms with E-state index in [1.165, 1.54) is 27.1 Å². The van der Waals surface area contributed by atoms with Gasteiger partial charge >= 0.3 is 0 Å². The summed E-state index contributed by atoms with van der Waals surface area (Å²) in [5, 5.41) is 2.51. The first-order valence-electron chi connectivity index (χ1n) is 8.16. The molecule has 0 unspecified atom stereocenters. The van der Waals surface area contributed by atoms with Gasteiger partial charge in [0.25, 0.3) is 0 Å². The molecule has 24 heavy (non-hydrogen) atoms. The highest BCUT2D eigenvalue weighted by molar-refractivity contribution is 6.68. The number of alkyl halides is 1. The molecule has 0 heterocycles. The fourth-order valence-electron chi connectivity index (χ4n) is 2.62. The van der Waals surface area contributed by atoms with Gasteiger partial charge in [-0.15, -0.1) is 11.6 Å². The third kappa shape index (κ3) is 4.52. The van der Waals surface area contributed by atoms with Crippen molar-refractivity contribution in [1.82, 2.24) is 0 Å². The molecule has 0 aromatic heterocycles. The summed E-state index contributed by atoms with van der Waals surface area (Å²) in [5.41, 5.74) is 3.71. The molecule has 2 radical (unpaired) electrons. The number of hydrogen-bond acceptors (Lipinski definition) is 1. The van der Waals surface area contributed by atoms with Gasteiger partial charge < -0.3 is 4.74 Å². The van der Waals surface area contributed by atoms with Crippen LogP contribution >= 0.6 is 11.6 Å². The van der Waals surface area contributed by atoms with Crippen molar-refractivity contribution >= 4 is 31.5 Å². The Morgan fingerprint density at radius 3 is 2.50 bits per heavy atom. The summed E-state index contributed by atoms with van der Waals surface area (Å²) in [7, 11) is 0.521. The second-order valence-electron chi connectivity index (χ2n) is 6.95. The number of halogens is 1. The van der Waals surface area contributed by atoms with Crippen LogP contribution in [0.1, 0.15) is 37.5 Å². The highest BCUT2D eigenvalue weighted by Crippen LogP contribution is 2.31. The van der Waals surface area contributed by atoms with Crippen LogP contribution in [-0.2, 0) is 11.3 Å². The van der Waals surface area contributed by atoms with Crippen molar-refractivity contribution < 1.29 is 4.74 Å². The lowest BCUT2D eigenvalue weighted by molar-refractivity contribution is 0.354. The highest BCUT2D eigenvalue weighted by atomic mass is 35.5. The van der Waals surface area contributed by atoms with Gasteiger partial charge in [0.05, 0.1) is 0 Å². The Morgan fingerprint density at radius 1 is 1.17 bits per heavy atom. The summed E-state index contributed by atoms with van der Waals surface area (Å²) in [5.74, 6) is 1.53. The monoisotopic (exact) mass is 356 g/mol. The number of benzene rings is 2. The minimum atomic E-state index is 0.0216. The molecule has 2 aromatic carbocycles. The zero-order valence-corrected chi connectivity index (χ0v) is 16.7. The van der Waals surface area contributed by atoms with Gasteiger partial charge in [0.2, 0.25) is 0 Å². The Labute approximate surface area is 153 Å². The molecule has 0 amide bonds. The van der Waals surface area contributed by atoms with Gasteiger partial charge in [0.15, 0.2) is 0 Å². The van der Waals surface area contributed by atoms with Crippen molar-refractivity contribution in [3.63, 3.8) is 0 Å². The lowest BCUT2D eigenvalue weighted by atomic mass is 9.85. The maximum atomic E-state index is 6.12. The van der Waals surface area contributed by atoms with Crippen molar-refractivity contribution in [3.05, 3.63) is 65.7 Å². The van der Waals surface area contributed by atoms with Gasteiger partial charge in [0, 0.05) is 5.88 Å². The molecule has 2 aromatic rings. The van der Waals surface area contributed by atoms with Crippen molar-refractivity contribution in [2.75, 3.05) is 6.61 Å². The lowest BCUT2D eigenvalue weighted by Crippen LogP contribution is -2.33. The second-order valence-corrected chi connectivity index (χ2v) is 8.55. The van der Waals surface area contributed by atoms with Crippen LogP contribution in [-0.4, -0.2) is 16.1 Å². The molecule has 0 aliphatic carbocycles. The second kappa shape index (κ2) is 8.04. The van der Waals surface area contributed by atoms with E-state index in [9.17, 15) is 0 Å². The molecule has 1 nitrogen and oxygen atoms in total. The smallest absolute Gasteiger partial charge is 0.127 e. The summed E-state index contributed by atoms with van der Waals surface area (Å²) >= 11 is 6.12. The Hall–Kier alpha value is -1.51. The molecule has 0 spiro atoms. The average molecular weight is 357 g/mol. The maximum absolute atomic E-state index is 6.12. The predicted molar refractivity (Wildman–Crippen MR) is 107 cm³/mol. The Balaban J connectivity index is 2.55. The van der Waals surface area contributed by atoms with Gasteiger partial charge in [0.1, 0.15) is 21.9 Å². The van der Waals surface area contributed by atoms with Crippen LogP contribution in [0.4, 0.5) is 0 Å². The zero-order valence-electron chi connectivity index (χ0n) is 14.9. The average Bonchev–Trinajstić information content (AvgIpc) is 2.53. The van der Waals surface area contributed by atoms with Crippen LogP contribution in [0.25, 0.3) is 0 Å². The van der Waals surface area contributed by atoms with Crippen LogP contribution in [0.2, 0.25) is 0 Å². The van der Waals surface area contributed by atoms with E-state index in [0.29, 0.717) is 22.0 Å². The minimum Gasteiger partial charge on any atom is -0.489 e. The van der Waals surface area contributed by atoms with E-state index in [0.717, 1.165) is 5.75 Å². The van der Waals surface area contributed by atoms with E-state index < -0.39 is 0 Å². The van der Waals surface area contributed by atoms with Crippen LogP contribution in [0.15, 0.2) is 49.1 Å². The molecule has 0 aliphatic heterocycles. The topological polar surface area (TPSA) is 9.23 Å². The molecule has 0 bridgehead atoms. The molecule has 126 valence electrons. The Bertz CT molecular complexity index is 716. The van der Waals surface area contributed by atoms with Gasteiger partial charge in [-0.3, -0.25) is 0 Å². The van der Waals surface area contributed by atoms with Crippen LogP contribution in [0.3, 0.4) is 0 Å². The summed E-state index contributed by atoms with van der Waals surface area (Å²) in [6.07, 6.45) is 1.80. The summed E-state index contributed by atoms with van der Waals surface area (Å²) in [4.78, 5) is 0. The van der Waals surface area contributed by atoms with E-state index in [1.54, 1.807) is 6.08 Å². The normalized spacial score (nSPS) is 11.4. The van der Waals surface area contributed by atoms with E-state index in [4.69, 9.17) is 16.3 Å². The van der Waals surface area contributed by atoms with E-state index in [1.807, 2.05) is 6.07 Å². The minimum absolute atomic E-state index is 0.0216. The molecular weight excluding hydrogens is 332 g/mol. The summed E-state index contributed by atoms with van der Waals surface area (Å²) in [6.45, 7) is 13.1. The summed E-state index contributed by atoms with van der Waals surface area (Å²) in [6, 6.07) is 12.8. The fourth-order valence-corrected chi connectivity index (χ4v) is 4.39. The molecule has 0 atom stereocenters. The maximum Gasteiger partial charge on any atom is 0.127 e. The van der Waals surface area contributed by atoms with Gasteiger partial charge in [-0.05, 0) is 28.7 Å².